The van der Waals surface area contributed by atoms with E-state index in [1.54, 1.807) is 6.92 Å². The molecule has 2 rings (SSSR count). The van der Waals surface area contributed by atoms with Gasteiger partial charge in [0.2, 0.25) is 0 Å². The quantitative estimate of drug-likeness (QED) is 0.774. The Kier molecular flexibility index (Phi) is 5.41. The average Bonchev–Trinajstić information content (AvgIpc) is 2.74. The molecule has 1 aromatic rings. The zero-order chi connectivity index (χ0) is 17.0. The van der Waals surface area contributed by atoms with Gasteiger partial charge in [0.25, 0.3) is 0 Å². The molecule has 0 fully saturated rings. The third kappa shape index (κ3) is 3.24. The number of carbonyl (C=O) groups excluding carboxylic acids is 1. The Morgan fingerprint density at radius 3 is 2.48 bits per heavy atom. The number of aliphatic hydroxyl groups is 2. The van der Waals surface area contributed by atoms with E-state index in [0.29, 0.717) is 6.61 Å². The van der Waals surface area contributed by atoms with Crippen LogP contribution < -0.4 is 0 Å². The van der Waals surface area contributed by atoms with Crippen molar-refractivity contribution < 1.29 is 29.2 Å². The molecule has 1 aliphatic carbocycles. The Balaban J connectivity index is 2.17. The molecule has 0 unspecified atom stereocenters. The molecule has 0 radical (unpaired) electrons. The molecular formula is C17H22O6. The van der Waals surface area contributed by atoms with Gasteiger partial charge in [-0.15, -0.1) is 0 Å². The van der Waals surface area contributed by atoms with E-state index < -0.39 is 23.6 Å². The number of ether oxygens (including phenoxy) is 3. The van der Waals surface area contributed by atoms with Crippen molar-refractivity contribution in [1.82, 2.24) is 0 Å². The van der Waals surface area contributed by atoms with Gasteiger partial charge in [-0.1, -0.05) is 37.3 Å². The SMILES string of the molecule is COC(=O)C1=C(O)[C@H](OC)[C@@H](O)[C@]1(C)COCc1ccccc1. The van der Waals surface area contributed by atoms with E-state index in [2.05, 4.69) is 0 Å². The number of methoxy groups -OCH3 is 2. The first-order valence-corrected chi connectivity index (χ1v) is 7.30. The zero-order valence-electron chi connectivity index (χ0n) is 13.5. The van der Waals surface area contributed by atoms with Crippen molar-refractivity contribution in [3.8, 4) is 0 Å². The summed E-state index contributed by atoms with van der Waals surface area (Å²) in [6, 6.07) is 9.54. The minimum atomic E-state index is -1.12. The van der Waals surface area contributed by atoms with Crippen molar-refractivity contribution in [1.29, 1.82) is 0 Å². The van der Waals surface area contributed by atoms with E-state index >= 15 is 0 Å². The lowest BCUT2D eigenvalue weighted by atomic mass is 9.81. The Labute approximate surface area is 135 Å². The summed E-state index contributed by atoms with van der Waals surface area (Å²) >= 11 is 0. The standard InChI is InChI=1S/C17H22O6/c1-17(10-23-9-11-7-5-4-6-8-11)12(16(20)22-3)13(18)14(21-2)15(17)19/h4-8,14-15,18-19H,9-10H2,1-3H3/t14-,15+,17+/m0/s1. The molecular weight excluding hydrogens is 300 g/mol. The minimum Gasteiger partial charge on any atom is -0.509 e. The molecule has 0 amide bonds. The Bertz CT molecular complexity index is 582. The van der Waals surface area contributed by atoms with Crippen LogP contribution in [0.25, 0.3) is 0 Å². The molecule has 0 saturated heterocycles. The van der Waals surface area contributed by atoms with E-state index in [4.69, 9.17) is 14.2 Å². The van der Waals surface area contributed by atoms with Crippen LogP contribution in [0, 0.1) is 5.41 Å². The van der Waals surface area contributed by atoms with Gasteiger partial charge in [0.1, 0.15) is 11.9 Å². The molecule has 1 aliphatic rings. The maximum atomic E-state index is 12.0. The van der Waals surface area contributed by atoms with Crippen molar-refractivity contribution in [2.45, 2.75) is 25.7 Å². The van der Waals surface area contributed by atoms with Crippen molar-refractivity contribution in [2.24, 2.45) is 5.41 Å². The molecule has 6 nitrogen and oxygen atoms in total. The van der Waals surface area contributed by atoms with Gasteiger partial charge in [-0.3, -0.25) is 0 Å². The lowest BCUT2D eigenvalue weighted by molar-refractivity contribution is -0.139. The summed E-state index contributed by atoms with van der Waals surface area (Å²) in [5, 5.41) is 20.7. The summed E-state index contributed by atoms with van der Waals surface area (Å²) in [4.78, 5) is 12.0. The zero-order valence-corrected chi connectivity index (χ0v) is 13.5. The van der Waals surface area contributed by atoms with Gasteiger partial charge in [0, 0.05) is 7.11 Å². The Morgan fingerprint density at radius 1 is 1.26 bits per heavy atom. The third-order valence-electron chi connectivity index (χ3n) is 4.19. The lowest BCUT2D eigenvalue weighted by Crippen LogP contribution is -2.42. The number of aliphatic hydroxyl groups excluding tert-OH is 2. The molecule has 126 valence electrons. The molecule has 1 aromatic carbocycles. The summed E-state index contributed by atoms with van der Waals surface area (Å²) in [5.74, 6) is -1.01. The largest absolute Gasteiger partial charge is 0.509 e. The summed E-state index contributed by atoms with van der Waals surface area (Å²) in [5.41, 5.74) is -0.154. The molecule has 0 bridgehead atoms. The van der Waals surface area contributed by atoms with Gasteiger partial charge in [-0.25, -0.2) is 4.79 Å². The highest BCUT2D eigenvalue weighted by Gasteiger charge is 2.54. The Hall–Kier alpha value is -1.89. The summed E-state index contributed by atoms with van der Waals surface area (Å²) in [6.07, 6.45) is -2.09. The van der Waals surface area contributed by atoms with Crippen LogP contribution in [0.4, 0.5) is 0 Å². The van der Waals surface area contributed by atoms with E-state index in [-0.39, 0.29) is 17.9 Å². The van der Waals surface area contributed by atoms with Gasteiger partial charge < -0.3 is 24.4 Å². The van der Waals surface area contributed by atoms with Gasteiger partial charge in [0.05, 0.1) is 37.4 Å². The highest BCUT2D eigenvalue weighted by molar-refractivity contribution is 5.91. The smallest absolute Gasteiger partial charge is 0.338 e. The van der Waals surface area contributed by atoms with Crippen LogP contribution in [0.15, 0.2) is 41.7 Å². The normalized spacial score (nSPS) is 27.3. The summed E-state index contributed by atoms with van der Waals surface area (Å²) in [7, 11) is 2.58. The number of hydrogen-bond acceptors (Lipinski definition) is 6. The first kappa shape index (κ1) is 17.5. The minimum absolute atomic E-state index is 0.00703. The van der Waals surface area contributed by atoms with Crippen LogP contribution in [0.5, 0.6) is 0 Å². The average molecular weight is 322 g/mol. The van der Waals surface area contributed by atoms with Crippen molar-refractivity contribution in [3.63, 3.8) is 0 Å². The van der Waals surface area contributed by atoms with E-state index in [9.17, 15) is 15.0 Å². The molecule has 0 saturated carbocycles. The van der Waals surface area contributed by atoms with E-state index in [1.165, 1.54) is 14.2 Å². The highest BCUT2D eigenvalue weighted by Crippen LogP contribution is 2.44. The number of esters is 1. The first-order valence-electron chi connectivity index (χ1n) is 7.30. The van der Waals surface area contributed by atoms with Crippen LogP contribution >= 0.6 is 0 Å². The first-order chi connectivity index (χ1) is 11.0. The van der Waals surface area contributed by atoms with E-state index in [1.807, 2.05) is 30.3 Å². The molecule has 3 atom stereocenters. The molecule has 0 spiro atoms. The van der Waals surface area contributed by atoms with Crippen LogP contribution in [-0.4, -0.2) is 49.2 Å². The van der Waals surface area contributed by atoms with Crippen molar-refractivity contribution in [2.75, 3.05) is 20.8 Å². The fourth-order valence-corrected chi connectivity index (χ4v) is 2.86. The fourth-order valence-electron chi connectivity index (χ4n) is 2.86. The third-order valence-corrected chi connectivity index (χ3v) is 4.19. The van der Waals surface area contributed by atoms with E-state index in [0.717, 1.165) is 5.56 Å². The van der Waals surface area contributed by atoms with Crippen LogP contribution in [0.1, 0.15) is 12.5 Å². The topological polar surface area (TPSA) is 85.2 Å². The maximum absolute atomic E-state index is 12.0. The van der Waals surface area contributed by atoms with Gasteiger partial charge in [-0.2, -0.15) is 0 Å². The van der Waals surface area contributed by atoms with Crippen LogP contribution in [0.2, 0.25) is 0 Å². The molecule has 6 heteroatoms. The monoisotopic (exact) mass is 322 g/mol. The van der Waals surface area contributed by atoms with Crippen LogP contribution in [-0.2, 0) is 25.6 Å². The number of rotatable bonds is 6. The number of carbonyl (C=O) groups is 1. The second-order valence-corrected chi connectivity index (χ2v) is 5.75. The predicted octanol–water partition coefficient (Wildman–Crippen LogP) is 1.58. The van der Waals surface area contributed by atoms with Gasteiger partial charge >= 0.3 is 5.97 Å². The van der Waals surface area contributed by atoms with Crippen molar-refractivity contribution >= 4 is 5.97 Å². The predicted molar refractivity (Wildman–Crippen MR) is 82.7 cm³/mol. The lowest BCUT2D eigenvalue weighted by Gasteiger charge is -2.31. The number of hydrogen-bond donors (Lipinski definition) is 2. The molecule has 2 N–H and O–H groups in total. The number of benzene rings is 1. The van der Waals surface area contributed by atoms with Crippen LogP contribution in [0.3, 0.4) is 0 Å². The molecule has 23 heavy (non-hydrogen) atoms. The highest BCUT2D eigenvalue weighted by atomic mass is 16.5. The summed E-state index contributed by atoms with van der Waals surface area (Å²) < 4.78 is 15.5. The second kappa shape index (κ2) is 7.12. The molecule has 0 heterocycles. The molecule has 0 aliphatic heterocycles. The summed E-state index contributed by atoms with van der Waals surface area (Å²) in [6.45, 7) is 2.01. The van der Waals surface area contributed by atoms with Gasteiger partial charge in [0.15, 0.2) is 0 Å². The fraction of sp³-hybridized carbons (Fsp3) is 0.471. The van der Waals surface area contributed by atoms with Crippen molar-refractivity contribution in [3.05, 3.63) is 47.2 Å². The molecule has 0 aromatic heterocycles. The maximum Gasteiger partial charge on any atom is 0.338 e. The second-order valence-electron chi connectivity index (χ2n) is 5.75. The van der Waals surface area contributed by atoms with Gasteiger partial charge in [-0.05, 0) is 5.56 Å². The Morgan fingerprint density at radius 2 is 1.91 bits per heavy atom.